The molecule has 3 aromatic rings. The van der Waals surface area contributed by atoms with Crippen molar-refractivity contribution in [1.29, 1.82) is 0 Å². The SMILES string of the molecule is COc1ccc(CN(C(=O)c2cc(C)n(Cc3ccco3)c2C)C2CC2)cc1. The first kappa shape index (κ1) is 18.4. The fourth-order valence-electron chi connectivity index (χ4n) is 3.65. The molecule has 5 heteroatoms. The molecule has 5 nitrogen and oxygen atoms in total. The van der Waals surface area contributed by atoms with E-state index in [2.05, 4.69) is 4.57 Å². The van der Waals surface area contributed by atoms with E-state index < -0.39 is 0 Å². The summed E-state index contributed by atoms with van der Waals surface area (Å²) in [5.74, 6) is 1.82. The van der Waals surface area contributed by atoms with Crippen LogP contribution in [0.25, 0.3) is 0 Å². The predicted molar refractivity (Wildman–Crippen MR) is 108 cm³/mol. The number of amides is 1. The average Bonchev–Trinajstić information content (AvgIpc) is 3.35. The van der Waals surface area contributed by atoms with Gasteiger partial charge in [-0.25, -0.2) is 0 Å². The van der Waals surface area contributed by atoms with Gasteiger partial charge in [0.25, 0.3) is 5.91 Å². The lowest BCUT2D eigenvalue weighted by Crippen LogP contribution is -2.33. The molecule has 0 unspecified atom stereocenters. The summed E-state index contributed by atoms with van der Waals surface area (Å²) in [5, 5.41) is 0. The monoisotopic (exact) mass is 378 g/mol. The molecule has 1 saturated carbocycles. The van der Waals surface area contributed by atoms with E-state index in [1.165, 1.54) is 0 Å². The van der Waals surface area contributed by atoms with Gasteiger partial charge in [-0.3, -0.25) is 4.79 Å². The minimum absolute atomic E-state index is 0.108. The maximum Gasteiger partial charge on any atom is 0.256 e. The largest absolute Gasteiger partial charge is 0.497 e. The van der Waals surface area contributed by atoms with Gasteiger partial charge in [0.05, 0.1) is 25.5 Å². The van der Waals surface area contributed by atoms with Crippen LogP contribution in [0.2, 0.25) is 0 Å². The van der Waals surface area contributed by atoms with E-state index in [4.69, 9.17) is 9.15 Å². The van der Waals surface area contributed by atoms with Crippen molar-refractivity contribution in [2.24, 2.45) is 0 Å². The molecular weight excluding hydrogens is 352 g/mol. The molecule has 0 radical (unpaired) electrons. The van der Waals surface area contributed by atoms with Gasteiger partial charge < -0.3 is 18.6 Å². The van der Waals surface area contributed by atoms with Gasteiger partial charge in [-0.05, 0) is 62.6 Å². The Labute approximate surface area is 165 Å². The van der Waals surface area contributed by atoms with E-state index in [1.807, 2.05) is 61.2 Å². The number of hydrogen-bond donors (Lipinski definition) is 0. The van der Waals surface area contributed by atoms with Crippen molar-refractivity contribution in [3.05, 3.63) is 77.0 Å². The zero-order valence-electron chi connectivity index (χ0n) is 16.6. The van der Waals surface area contributed by atoms with Crippen LogP contribution < -0.4 is 4.74 Å². The number of aryl methyl sites for hydroxylation is 1. The summed E-state index contributed by atoms with van der Waals surface area (Å²) >= 11 is 0. The van der Waals surface area contributed by atoms with Crippen LogP contribution in [0.1, 0.15) is 45.9 Å². The first-order chi connectivity index (χ1) is 13.6. The molecule has 0 aliphatic heterocycles. The number of methoxy groups -OCH3 is 1. The zero-order valence-corrected chi connectivity index (χ0v) is 16.6. The summed E-state index contributed by atoms with van der Waals surface area (Å²) in [6.07, 6.45) is 3.83. The van der Waals surface area contributed by atoms with Gasteiger partial charge in [0.2, 0.25) is 0 Å². The fraction of sp³-hybridized carbons (Fsp3) is 0.348. The highest BCUT2D eigenvalue weighted by Crippen LogP contribution is 2.31. The van der Waals surface area contributed by atoms with Crippen molar-refractivity contribution in [2.45, 2.75) is 45.8 Å². The van der Waals surface area contributed by atoms with Crippen molar-refractivity contribution in [3.8, 4) is 5.75 Å². The van der Waals surface area contributed by atoms with Crippen molar-refractivity contribution >= 4 is 5.91 Å². The van der Waals surface area contributed by atoms with Gasteiger partial charge in [-0.15, -0.1) is 0 Å². The zero-order chi connectivity index (χ0) is 19.7. The number of ether oxygens (including phenoxy) is 1. The van der Waals surface area contributed by atoms with Crippen LogP contribution in [0.15, 0.2) is 53.1 Å². The summed E-state index contributed by atoms with van der Waals surface area (Å²) in [5.41, 5.74) is 3.95. The Morgan fingerprint density at radius 1 is 1.21 bits per heavy atom. The van der Waals surface area contributed by atoms with E-state index in [1.54, 1.807) is 13.4 Å². The van der Waals surface area contributed by atoms with Crippen LogP contribution in [0.4, 0.5) is 0 Å². The number of nitrogens with zero attached hydrogens (tertiary/aromatic N) is 2. The summed E-state index contributed by atoms with van der Waals surface area (Å²) in [6.45, 7) is 5.31. The van der Waals surface area contributed by atoms with Gasteiger partial charge in [0.1, 0.15) is 11.5 Å². The average molecular weight is 378 g/mol. The topological polar surface area (TPSA) is 47.6 Å². The summed E-state index contributed by atoms with van der Waals surface area (Å²) in [4.78, 5) is 15.4. The first-order valence-corrected chi connectivity index (χ1v) is 9.70. The standard InChI is InChI=1S/C23H26N2O3/c1-16-13-22(17(2)24(16)15-21-5-4-12-28-21)23(26)25(19-8-9-19)14-18-6-10-20(27-3)11-7-18/h4-7,10-13,19H,8-9,14-15H2,1-3H3. The number of hydrogen-bond acceptors (Lipinski definition) is 3. The number of furan rings is 1. The van der Waals surface area contributed by atoms with E-state index in [-0.39, 0.29) is 5.91 Å². The molecule has 0 saturated heterocycles. The van der Waals surface area contributed by atoms with Crippen LogP contribution in [0, 0.1) is 13.8 Å². The molecule has 0 bridgehead atoms. The molecule has 1 aliphatic carbocycles. The number of carbonyl (C=O) groups is 1. The molecule has 0 atom stereocenters. The minimum Gasteiger partial charge on any atom is -0.497 e. The molecule has 1 fully saturated rings. The number of benzene rings is 1. The predicted octanol–water partition coefficient (Wildman–Crippen LogP) is 4.56. The van der Waals surface area contributed by atoms with E-state index >= 15 is 0 Å². The maximum absolute atomic E-state index is 13.4. The van der Waals surface area contributed by atoms with Crippen molar-refractivity contribution in [3.63, 3.8) is 0 Å². The highest BCUT2D eigenvalue weighted by atomic mass is 16.5. The maximum atomic E-state index is 13.4. The molecule has 2 aromatic heterocycles. The number of carbonyl (C=O) groups excluding carboxylic acids is 1. The molecule has 28 heavy (non-hydrogen) atoms. The third kappa shape index (κ3) is 3.70. The Hall–Kier alpha value is -2.95. The second-order valence-electron chi connectivity index (χ2n) is 7.46. The van der Waals surface area contributed by atoms with Crippen molar-refractivity contribution < 1.29 is 13.9 Å². The Morgan fingerprint density at radius 2 is 1.96 bits per heavy atom. The fourth-order valence-corrected chi connectivity index (χ4v) is 3.65. The Kier molecular flexibility index (Phi) is 4.99. The summed E-state index contributed by atoms with van der Waals surface area (Å²) in [6, 6.07) is 14.1. The lowest BCUT2D eigenvalue weighted by molar-refractivity contribution is 0.0729. The van der Waals surface area contributed by atoms with Crippen LogP contribution in [-0.2, 0) is 13.1 Å². The number of aromatic nitrogens is 1. The molecule has 146 valence electrons. The molecule has 0 N–H and O–H groups in total. The molecule has 1 aromatic carbocycles. The molecule has 2 heterocycles. The highest BCUT2D eigenvalue weighted by Gasteiger charge is 2.34. The third-order valence-corrected chi connectivity index (χ3v) is 5.46. The van der Waals surface area contributed by atoms with Crippen LogP contribution >= 0.6 is 0 Å². The molecule has 4 rings (SSSR count). The van der Waals surface area contributed by atoms with Crippen molar-refractivity contribution in [2.75, 3.05) is 7.11 Å². The van der Waals surface area contributed by atoms with Gasteiger partial charge >= 0.3 is 0 Å². The van der Waals surface area contributed by atoms with Gasteiger partial charge in [0.15, 0.2) is 0 Å². The van der Waals surface area contributed by atoms with E-state index in [0.717, 1.165) is 46.9 Å². The Morgan fingerprint density at radius 3 is 2.57 bits per heavy atom. The second-order valence-corrected chi connectivity index (χ2v) is 7.46. The molecular formula is C23H26N2O3. The second kappa shape index (κ2) is 7.58. The van der Waals surface area contributed by atoms with Crippen LogP contribution in [-0.4, -0.2) is 28.5 Å². The minimum atomic E-state index is 0.108. The molecule has 1 amide bonds. The number of rotatable bonds is 7. The third-order valence-electron chi connectivity index (χ3n) is 5.46. The quantitative estimate of drug-likeness (QED) is 0.605. The first-order valence-electron chi connectivity index (χ1n) is 9.70. The van der Waals surface area contributed by atoms with Gasteiger partial charge in [0, 0.05) is 24.0 Å². The van der Waals surface area contributed by atoms with Crippen molar-refractivity contribution in [1.82, 2.24) is 9.47 Å². The lowest BCUT2D eigenvalue weighted by atomic mass is 10.1. The molecule has 1 aliphatic rings. The Balaban J connectivity index is 1.57. The summed E-state index contributed by atoms with van der Waals surface area (Å²) < 4.78 is 12.9. The van der Waals surface area contributed by atoms with Crippen LogP contribution in [0.3, 0.4) is 0 Å². The van der Waals surface area contributed by atoms with E-state index in [0.29, 0.717) is 19.1 Å². The Bertz CT molecular complexity index is 951. The van der Waals surface area contributed by atoms with Crippen LogP contribution in [0.5, 0.6) is 5.75 Å². The smallest absolute Gasteiger partial charge is 0.256 e. The van der Waals surface area contributed by atoms with Gasteiger partial charge in [-0.1, -0.05) is 12.1 Å². The molecule has 0 spiro atoms. The lowest BCUT2D eigenvalue weighted by Gasteiger charge is -2.23. The highest BCUT2D eigenvalue weighted by molar-refractivity contribution is 5.96. The van der Waals surface area contributed by atoms with Gasteiger partial charge in [-0.2, -0.15) is 0 Å². The summed E-state index contributed by atoms with van der Waals surface area (Å²) in [7, 11) is 1.66. The van der Waals surface area contributed by atoms with E-state index in [9.17, 15) is 4.79 Å². The normalized spacial score (nSPS) is 13.5.